The van der Waals surface area contributed by atoms with E-state index in [0.717, 1.165) is 12.1 Å². The number of hydrogen-bond donors (Lipinski definition) is 1. The number of benzene rings is 1. The van der Waals surface area contributed by atoms with Crippen LogP contribution < -0.4 is 5.32 Å². The minimum Gasteiger partial charge on any atom is -0.383 e. The fourth-order valence-corrected chi connectivity index (χ4v) is 1.45. The highest BCUT2D eigenvalue weighted by Crippen LogP contribution is 2.28. The van der Waals surface area contributed by atoms with Crippen molar-refractivity contribution in [1.82, 2.24) is 10.2 Å². The van der Waals surface area contributed by atoms with Crippen LogP contribution in [0.5, 0.6) is 0 Å². The van der Waals surface area contributed by atoms with Crippen molar-refractivity contribution in [3.8, 4) is 0 Å². The Hall–Kier alpha value is -1.76. The lowest BCUT2D eigenvalue weighted by Gasteiger charge is -2.17. The lowest BCUT2D eigenvalue weighted by atomic mass is 10.1. The van der Waals surface area contributed by atoms with Crippen molar-refractivity contribution in [3.05, 3.63) is 35.4 Å². The second-order valence-corrected chi connectivity index (χ2v) is 4.27. The third-order valence-electron chi connectivity index (χ3n) is 2.70. The molecule has 0 spiro atoms. The number of amides is 2. The van der Waals surface area contributed by atoms with Gasteiger partial charge in [0.1, 0.15) is 0 Å². The first-order valence-electron chi connectivity index (χ1n) is 5.98. The van der Waals surface area contributed by atoms with Gasteiger partial charge < -0.3 is 15.0 Å². The molecule has 0 heterocycles. The third kappa shape index (κ3) is 5.08. The van der Waals surface area contributed by atoms with Crippen molar-refractivity contribution in [3.63, 3.8) is 0 Å². The Morgan fingerprint density at radius 1 is 1.30 bits per heavy atom. The third-order valence-corrected chi connectivity index (χ3v) is 2.70. The molecule has 2 amide bonds. The number of nitrogens with one attached hydrogen (secondary N) is 1. The maximum Gasteiger partial charge on any atom is 0.416 e. The summed E-state index contributed by atoms with van der Waals surface area (Å²) in [5.41, 5.74) is -0.101. The van der Waals surface area contributed by atoms with E-state index in [4.69, 9.17) is 4.74 Å². The molecule has 0 saturated heterocycles. The van der Waals surface area contributed by atoms with Crippen LogP contribution in [0.4, 0.5) is 18.0 Å². The zero-order chi connectivity index (χ0) is 15.2. The highest BCUT2D eigenvalue weighted by Gasteiger charge is 2.29. The van der Waals surface area contributed by atoms with E-state index >= 15 is 0 Å². The summed E-state index contributed by atoms with van der Waals surface area (Å²) in [6.07, 6.45) is -4.35. The predicted molar refractivity (Wildman–Crippen MR) is 68.2 cm³/mol. The highest BCUT2D eigenvalue weighted by atomic mass is 19.4. The number of alkyl halides is 3. The maximum atomic E-state index is 12.4. The Labute approximate surface area is 115 Å². The molecule has 0 radical (unpaired) electrons. The standard InChI is InChI=1S/C13H17F3N2O2/c1-18(7-8-20-2)12(19)17-9-10-3-5-11(6-4-10)13(14,15)16/h3-6H,7-9H2,1-2H3,(H,17,19). The highest BCUT2D eigenvalue weighted by molar-refractivity contribution is 5.73. The van der Waals surface area contributed by atoms with Crippen LogP contribution in [0.2, 0.25) is 0 Å². The van der Waals surface area contributed by atoms with Crippen molar-refractivity contribution in [2.75, 3.05) is 27.3 Å². The van der Waals surface area contributed by atoms with Crippen molar-refractivity contribution < 1.29 is 22.7 Å². The largest absolute Gasteiger partial charge is 0.416 e. The van der Waals surface area contributed by atoms with Gasteiger partial charge in [-0.25, -0.2) is 4.79 Å². The van der Waals surface area contributed by atoms with Gasteiger partial charge in [0.15, 0.2) is 0 Å². The molecule has 0 unspecified atom stereocenters. The smallest absolute Gasteiger partial charge is 0.383 e. The molecule has 0 aliphatic rings. The van der Waals surface area contributed by atoms with E-state index in [1.54, 1.807) is 7.05 Å². The lowest BCUT2D eigenvalue weighted by molar-refractivity contribution is -0.137. The minimum atomic E-state index is -4.35. The van der Waals surface area contributed by atoms with Gasteiger partial charge in [0.05, 0.1) is 12.2 Å². The molecule has 0 bridgehead atoms. The Morgan fingerprint density at radius 3 is 2.40 bits per heavy atom. The normalized spacial score (nSPS) is 11.2. The predicted octanol–water partition coefficient (Wildman–Crippen LogP) is 2.49. The Bertz CT molecular complexity index is 432. The van der Waals surface area contributed by atoms with Gasteiger partial charge in [0.2, 0.25) is 0 Å². The van der Waals surface area contributed by atoms with Crippen molar-refractivity contribution in [2.24, 2.45) is 0 Å². The second-order valence-electron chi connectivity index (χ2n) is 4.27. The van der Waals surface area contributed by atoms with E-state index < -0.39 is 11.7 Å². The number of rotatable bonds is 5. The first kappa shape index (κ1) is 16.3. The number of hydrogen-bond acceptors (Lipinski definition) is 2. The average molecular weight is 290 g/mol. The Balaban J connectivity index is 2.48. The topological polar surface area (TPSA) is 41.6 Å². The number of urea groups is 1. The molecule has 0 aliphatic carbocycles. The number of ether oxygens (including phenoxy) is 1. The number of halogens is 3. The van der Waals surface area contributed by atoms with Crippen LogP contribution >= 0.6 is 0 Å². The summed E-state index contributed by atoms with van der Waals surface area (Å²) in [5, 5.41) is 2.62. The summed E-state index contributed by atoms with van der Waals surface area (Å²) >= 11 is 0. The summed E-state index contributed by atoms with van der Waals surface area (Å²) in [6.45, 7) is 1.04. The molecule has 112 valence electrons. The molecule has 20 heavy (non-hydrogen) atoms. The Morgan fingerprint density at radius 2 is 1.90 bits per heavy atom. The van der Waals surface area contributed by atoms with Crippen molar-refractivity contribution >= 4 is 6.03 Å². The molecule has 0 aliphatic heterocycles. The minimum absolute atomic E-state index is 0.175. The summed E-state index contributed by atoms with van der Waals surface area (Å²) < 4.78 is 42.0. The van der Waals surface area contributed by atoms with Gasteiger partial charge in [0.25, 0.3) is 0 Å². The first-order valence-corrected chi connectivity index (χ1v) is 5.98. The van der Waals surface area contributed by atoms with Crippen LogP contribution in [0.3, 0.4) is 0 Å². The average Bonchev–Trinajstić information content (AvgIpc) is 2.41. The molecular weight excluding hydrogens is 273 g/mol. The first-order chi connectivity index (χ1) is 9.34. The van der Waals surface area contributed by atoms with Crippen LogP contribution in [0.25, 0.3) is 0 Å². The van der Waals surface area contributed by atoms with Gasteiger partial charge in [-0.1, -0.05) is 12.1 Å². The van der Waals surface area contributed by atoms with Gasteiger partial charge in [0, 0.05) is 27.2 Å². The van der Waals surface area contributed by atoms with Gasteiger partial charge in [-0.2, -0.15) is 13.2 Å². The zero-order valence-corrected chi connectivity index (χ0v) is 11.3. The van der Waals surface area contributed by atoms with Crippen LogP contribution in [-0.4, -0.2) is 38.2 Å². The van der Waals surface area contributed by atoms with E-state index in [1.165, 1.54) is 24.1 Å². The second kappa shape index (κ2) is 7.14. The number of nitrogens with zero attached hydrogens (tertiary/aromatic N) is 1. The van der Waals surface area contributed by atoms with Gasteiger partial charge in [-0.3, -0.25) is 0 Å². The lowest BCUT2D eigenvalue weighted by Crippen LogP contribution is -2.38. The van der Waals surface area contributed by atoms with Crippen LogP contribution in [0.15, 0.2) is 24.3 Å². The molecule has 7 heteroatoms. The van der Waals surface area contributed by atoms with Gasteiger partial charge >= 0.3 is 12.2 Å². The zero-order valence-electron chi connectivity index (χ0n) is 11.3. The molecule has 1 rings (SSSR count). The van der Waals surface area contributed by atoms with Crippen LogP contribution in [0.1, 0.15) is 11.1 Å². The Kier molecular flexibility index (Phi) is 5.82. The van der Waals surface area contributed by atoms with E-state index in [1.807, 2.05) is 0 Å². The SMILES string of the molecule is COCCN(C)C(=O)NCc1ccc(C(F)(F)F)cc1. The van der Waals surface area contributed by atoms with E-state index in [2.05, 4.69) is 5.32 Å². The van der Waals surface area contributed by atoms with E-state index in [9.17, 15) is 18.0 Å². The summed E-state index contributed by atoms with van der Waals surface area (Å²) in [5.74, 6) is 0. The molecule has 0 atom stereocenters. The molecule has 0 aromatic heterocycles. The molecular formula is C13H17F3N2O2. The molecule has 4 nitrogen and oxygen atoms in total. The molecule has 1 N–H and O–H groups in total. The summed E-state index contributed by atoms with van der Waals surface area (Å²) in [6, 6.07) is 4.38. The van der Waals surface area contributed by atoms with Gasteiger partial charge in [-0.05, 0) is 17.7 Å². The van der Waals surface area contributed by atoms with Crippen LogP contribution in [-0.2, 0) is 17.5 Å². The fourth-order valence-electron chi connectivity index (χ4n) is 1.45. The number of carbonyl (C=O) groups excluding carboxylic acids is 1. The molecule has 0 fully saturated rings. The van der Waals surface area contributed by atoms with E-state index in [-0.39, 0.29) is 12.6 Å². The fraction of sp³-hybridized carbons (Fsp3) is 0.462. The quantitative estimate of drug-likeness (QED) is 0.905. The van der Waals surface area contributed by atoms with E-state index in [0.29, 0.717) is 18.7 Å². The molecule has 1 aromatic rings. The number of likely N-dealkylation sites (N-methyl/N-ethyl adjacent to an activating group) is 1. The van der Waals surface area contributed by atoms with Gasteiger partial charge in [-0.15, -0.1) is 0 Å². The van der Waals surface area contributed by atoms with Crippen LogP contribution in [0, 0.1) is 0 Å². The maximum absolute atomic E-state index is 12.4. The molecule has 0 saturated carbocycles. The van der Waals surface area contributed by atoms with Crippen molar-refractivity contribution in [2.45, 2.75) is 12.7 Å². The monoisotopic (exact) mass is 290 g/mol. The summed E-state index contributed by atoms with van der Waals surface area (Å²) in [4.78, 5) is 13.1. The number of carbonyl (C=O) groups is 1. The molecule has 1 aromatic carbocycles. The number of methoxy groups -OCH3 is 1. The summed E-state index contributed by atoms with van der Waals surface area (Å²) in [7, 11) is 3.15. The van der Waals surface area contributed by atoms with Crippen molar-refractivity contribution in [1.29, 1.82) is 0 Å².